The van der Waals surface area contributed by atoms with Crippen LogP contribution in [0.5, 0.6) is 0 Å². The predicted octanol–water partition coefficient (Wildman–Crippen LogP) is 18.2. The number of quaternary nitrogens is 1. The average molecular weight is 1030 g/mol. The highest BCUT2D eigenvalue weighted by atomic mass is 31.2. The van der Waals surface area contributed by atoms with E-state index in [1.165, 1.54) is 135 Å². The Labute approximate surface area is 445 Å². The first-order valence-corrected chi connectivity index (χ1v) is 31.1. The van der Waals surface area contributed by atoms with Gasteiger partial charge in [-0.3, -0.25) is 13.8 Å². The molecule has 0 radical (unpaired) electrons. The van der Waals surface area contributed by atoms with Crippen molar-refractivity contribution in [3.8, 4) is 0 Å². The van der Waals surface area contributed by atoms with E-state index in [1.54, 1.807) is 6.08 Å². The second kappa shape index (κ2) is 53.3. The van der Waals surface area contributed by atoms with Crippen molar-refractivity contribution < 1.29 is 32.9 Å². The number of carbonyl (C=O) groups is 1. The second-order valence-corrected chi connectivity index (χ2v) is 22.4. The van der Waals surface area contributed by atoms with Gasteiger partial charge in [-0.2, -0.15) is 0 Å². The number of hydrogen-bond acceptors (Lipinski definition) is 5. The van der Waals surface area contributed by atoms with Crippen molar-refractivity contribution in [2.45, 2.75) is 257 Å². The van der Waals surface area contributed by atoms with Gasteiger partial charge in [-0.25, -0.2) is 4.57 Å². The van der Waals surface area contributed by atoms with E-state index in [4.69, 9.17) is 9.05 Å². The molecule has 416 valence electrons. The fourth-order valence-corrected chi connectivity index (χ4v) is 8.92. The number of phosphoric ester groups is 1. The van der Waals surface area contributed by atoms with Crippen LogP contribution in [0.15, 0.2) is 97.2 Å². The Morgan fingerprint density at radius 1 is 0.486 bits per heavy atom. The van der Waals surface area contributed by atoms with Gasteiger partial charge < -0.3 is 19.8 Å². The molecule has 0 aromatic rings. The van der Waals surface area contributed by atoms with Crippen molar-refractivity contribution in [2.75, 3.05) is 40.9 Å². The zero-order chi connectivity index (χ0) is 52.7. The molecule has 1 amide bonds. The largest absolute Gasteiger partial charge is 0.472 e. The number of aliphatic hydroxyl groups is 1. The summed E-state index contributed by atoms with van der Waals surface area (Å²) in [6.07, 6.45) is 76.6. The van der Waals surface area contributed by atoms with Crippen LogP contribution < -0.4 is 5.32 Å². The molecule has 72 heavy (non-hydrogen) atoms. The Kier molecular flexibility index (Phi) is 51.3. The van der Waals surface area contributed by atoms with Gasteiger partial charge in [0.2, 0.25) is 5.91 Å². The number of rotatable bonds is 53. The lowest BCUT2D eigenvalue weighted by Gasteiger charge is -2.25. The normalized spacial score (nSPS) is 14.6. The zero-order valence-corrected chi connectivity index (χ0v) is 48.3. The fourth-order valence-electron chi connectivity index (χ4n) is 8.18. The van der Waals surface area contributed by atoms with E-state index in [9.17, 15) is 19.4 Å². The van der Waals surface area contributed by atoms with Crippen LogP contribution >= 0.6 is 7.82 Å². The summed E-state index contributed by atoms with van der Waals surface area (Å²) in [6.45, 7) is 4.67. The number of hydrogen-bond donors (Lipinski definition) is 3. The van der Waals surface area contributed by atoms with Crippen LogP contribution in [0, 0.1) is 0 Å². The van der Waals surface area contributed by atoms with Crippen molar-refractivity contribution in [1.82, 2.24) is 5.32 Å². The smallest absolute Gasteiger partial charge is 0.387 e. The van der Waals surface area contributed by atoms with Gasteiger partial charge in [0.05, 0.1) is 39.9 Å². The van der Waals surface area contributed by atoms with Crippen molar-refractivity contribution in [3.63, 3.8) is 0 Å². The number of unbranched alkanes of at least 4 members (excludes halogenated alkanes) is 26. The molecule has 0 aromatic carbocycles. The maximum Gasteiger partial charge on any atom is 0.472 e. The average Bonchev–Trinajstić information content (AvgIpc) is 3.34. The number of allylic oxidation sites excluding steroid dienone is 15. The lowest BCUT2D eigenvalue weighted by atomic mass is 10.0. The van der Waals surface area contributed by atoms with Crippen molar-refractivity contribution in [2.24, 2.45) is 0 Å². The molecule has 0 aliphatic carbocycles. The lowest BCUT2D eigenvalue weighted by molar-refractivity contribution is -0.870. The van der Waals surface area contributed by atoms with Crippen LogP contribution in [-0.4, -0.2) is 73.4 Å². The first-order chi connectivity index (χ1) is 35.0. The molecule has 0 rings (SSSR count). The third-order valence-corrected chi connectivity index (χ3v) is 13.8. The van der Waals surface area contributed by atoms with E-state index < -0.39 is 20.0 Å². The van der Waals surface area contributed by atoms with Gasteiger partial charge in [0, 0.05) is 6.42 Å². The summed E-state index contributed by atoms with van der Waals surface area (Å²) in [5.41, 5.74) is 0. The van der Waals surface area contributed by atoms with Gasteiger partial charge in [0.15, 0.2) is 0 Å². The predicted molar refractivity (Wildman–Crippen MR) is 313 cm³/mol. The van der Waals surface area contributed by atoms with Crippen LogP contribution in [0.1, 0.15) is 245 Å². The minimum atomic E-state index is -4.37. The molecular weight excluding hydrogens is 912 g/mol. The third kappa shape index (κ3) is 55.2. The molecule has 0 fully saturated rings. The van der Waals surface area contributed by atoms with Gasteiger partial charge in [-0.1, -0.05) is 252 Å². The lowest BCUT2D eigenvalue weighted by Crippen LogP contribution is -2.45. The zero-order valence-electron chi connectivity index (χ0n) is 47.4. The van der Waals surface area contributed by atoms with Crippen molar-refractivity contribution >= 4 is 13.7 Å². The summed E-state index contributed by atoms with van der Waals surface area (Å²) in [5.74, 6) is -0.213. The molecule has 0 aromatic heterocycles. The quantitative estimate of drug-likeness (QED) is 0.0243. The standard InChI is InChI=1S/C63H113N2O6P/c1-6-8-10-12-14-16-18-20-22-24-26-28-30-31-32-33-35-36-38-40-42-44-46-48-50-52-54-56-62(66)61(60-71-72(68,69)70-59-58-65(3,4)5)64-63(67)57-55-53-51-49-47-45-43-41-39-37-34-29-27-25-23-21-19-17-15-13-11-9-7-2/h9,11,15,17,21,23,27,29,37,39,43,45-46,48,54,56,61-62,66H,6-8,10,12-14,16,18-20,22,24-26,28,30-36,38,40-42,44,47,49-53,55,57-60H2,1-5H3,(H-,64,67,68,69)/p+1/b11-9-,17-15-,23-21-,29-27-,39-37-,45-43-,48-46+,56-54+. The van der Waals surface area contributed by atoms with E-state index in [0.717, 1.165) is 89.9 Å². The summed E-state index contributed by atoms with van der Waals surface area (Å²) < 4.78 is 23.7. The van der Waals surface area contributed by atoms with Crippen LogP contribution in [-0.2, 0) is 18.4 Å². The first-order valence-electron chi connectivity index (χ1n) is 29.6. The fraction of sp³-hybridized carbons (Fsp3) is 0.730. The van der Waals surface area contributed by atoms with E-state index in [-0.39, 0.29) is 19.1 Å². The van der Waals surface area contributed by atoms with Gasteiger partial charge in [0.25, 0.3) is 0 Å². The molecule has 0 aliphatic heterocycles. The Bertz CT molecular complexity index is 1490. The number of carbonyl (C=O) groups excluding carboxylic acids is 1. The number of nitrogens with zero attached hydrogens (tertiary/aromatic N) is 1. The molecule has 0 spiro atoms. The monoisotopic (exact) mass is 1030 g/mol. The summed E-state index contributed by atoms with van der Waals surface area (Å²) in [5, 5.41) is 13.9. The van der Waals surface area contributed by atoms with E-state index >= 15 is 0 Å². The molecule has 8 nitrogen and oxygen atoms in total. The minimum Gasteiger partial charge on any atom is -0.387 e. The number of amides is 1. The van der Waals surface area contributed by atoms with Crippen LogP contribution in [0.25, 0.3) is 0 Å². The number of likely N-dealkylation sites (N-methyl/N-ethyl adjacent to an activating group) is 1. The maximum atomic E-state index is 13.0. The number of phosphoric acid groups is 1. The minimum absolute atomic E-state index is 0.0456. The number of nitrogens with one attached hydrogen (secondary N) is 1. The molecule has 3 atom stereocenters. The second-order valence-electron chi connectivity index (χ2n) is 21.0. The van der Waals surface area contributed by atoms with Crippen LogP contribution in [0.3, 0.4) is 0 Å². The van der Waals surface area contributed by atoms with Gasteiger partial charge in [0.1, 0.15) is 13.2 Å². The molecule has 3 unspecified atom stereocenters. The Balaban J connectivity index is 4.31. The summed E-state index contributed by atoms with van der Waals surface area (Å²) in [7, 11) is 1.52. The SMILES string of the molecule is CC/C=C\C/C=C\C/C=C\C/C=C\C/C=C\C/C=C\CCCCCCC(=O)NC(COP(=O)(O)OCC[N+](C)(C)C)C(O)/C=C/CC/C=C/CCCCCCCCCCCCCCCCCCCCCCC. The molecule has 0 aliphatic rings. The molecular formula is C63H114N2O6P+. The summed E-state index contributed by atoms with van der Waals surface area (Å²) in [6, 6.07) is -0.885. The topological polar surface area (TPSA) is 105 Å². The molecule has 0 saturated carbocycles. The Morgan fingerprint density at radius 2 is 0.847 bits per heavy atom. The van der Waals surface area contributed by atoms with Crippen LogP contribution in [0.2, 0.25) is 0 Å². The van der Waals surface area contributed by atoms with E-state index in [0.29, 0.717) is 17.4 Å². The summed E-state index contributed by atoms with van der Waals surface area (Å²) in [4.78, 5) is 23.3. The van der Waals surface area contributed by atoms with Gasteiger partial charge in [-0.15, -0.1) is 0 Å². The van der Waals surface area contributed by atoms with Crippen molar-refractivity contribution in [3.05, 3.63) is 97.2 Å². The Hall–Kier alpha value is -2.58. The Morgan fingerprint density at radius 3 is 1.28 bits per heavy atom. The molecule has 3 N–H and O–H groups in total. The molecule has 9 heteroatoms. The highest BCUT2D eigenvalue weighted by Gasteiger charge is 2.27. The van der Waals surface area contributed by atoms with Gasteiger partial charge in [-0.05, 0) is 83.5 Å². The van der Waals surface area contributed by atoms with E-state index in [2.05, 4.69) is 104 Å². The number of aliphatic hydroxyl groups excluding tert-OH is 1. The van der Waals surface area contributed by atoms with Gasteiger partial charge >= 0.3 is 7.82 Å². The van der Waals surface area contributed by atoms with Crippen LogP contribution in [0.4, 0.5) is 0 Å². The molecule has 0 bridgehead atoms. The van der Waals surface area contributed by atoms with E-state index in [1.807, 2.05) is 27.2 Å². The van der Waals surface area contributed by atoms with Crippen molar-refractivity contribution in [1.29, 1.82) is 0 Å². The third-order valence-electron chi connectivity index (χ3n) is 12.8. The highest BCUT2D eigenvalue weighted by molar-refractivity contribution is 7.47. The maximum absolute atomic E-state index is 13.0. The highest BCUT2D eigenvalue weighted by Crippen LogP contribution is 2.43. The first kappa shape index (κ1) is 69.4. The molecule has 0 heterocycles. The summed E-state index contributed by atoms with van der Waals surface area (Å²) >= 11 is 0. The molecule has 0 saturated heterocycles.